The van der Waals surface area contributed by atoms with Crippen LogP contribution in [0, 0.1) is 0 Å². The van der Waals surface area contributed by atoms with Crippen molar-refractivity contribution in [3.05, 3.63) is 53.1 Å². The fraction of sp³-hybridized carbons (Fsp3) is 0.125. The minimum atomic E-state index is -0.960. The van der Waals surface area contributed by atoms with Gasteiger partial charge < -0.3 is 9.67 Å². The van der Waals surface area contributed by atoms with Crippen LogP contribution < -0.4 is 0 Å². The summed E-state index contributed by atoms with van der Waals surface area (Å²) >= 11 is 6.01. The molecule has 0 radical (unpaired) electrons. The van der Waals surface area contributed by atoms with E-state index in [-0.39, 0.29) is 5.56 Å². The van der Waals surface area contributed by atoms with Crippen molar-refractivity contribution in [3.8, 4) is 11.4 Å². The fourth-order valence-electron chi connectivity index (χ4n) is 2.49. The van der Waals surface area contributed by atoms with E-state index in [2.05, 4.69) is 4.98 Å². The van der Waals surface area contributed by atoms with Crippen LogP contribution >= 0.6 is 11.6 Å². The molecule has 5 heteroatoms. The molecule has 0 amide bonds. The van der Waals surface area contributed by atoms with Crippen LogP contribution in [0.4, 0.5) is 0 Å². The number of carboxylic acids is 1. The monoisotopic (exact) mass is 300 g/mol. The molecule has 1 N–H and O–H groups in total. The number of hydrogen-bond acceptors (Lipinski definition) is 2. The van der Waals surface area contributed by atoms with E-state index in [1.165, 1.54) is 0 Å². The standard InChI is InChI=1S/C16H13ClN2O2/c1-2-19-14-8-7-10(17)9-13(14)18-15(19)11-5-3-4-6-12(11)16(20)21/h3-9H,2H2,1H3,(H,20,21). The van der Waals surface area contributed by atoms with E-state index in [4.69, 9.17) is 11.6 Å². The third-order valence-corrected chi connectivity index (χ3v) is 3.66. The molecular weight excluding hydrogens is 288 g/mol. The average Bonchev–Trinajstić information content (AvgIpc) is 2.84. The smallest absolute Gasteiger partial charge is 0.336 e. The van der Waals surface area contributed by atoms with Crippen LogP contribution in [0.1, 0.15) is 17.3 Å². The fourth-order valence-corrected chi connectivity index (χ4v) is 2.66. The first kappa shape index (κ1) is 13.6. The van der Waals surface area contributed by atoms with E-state index >= 15 is 0 Å². The van der Waals surface area contributed by atoms with Crippen molar-refractivity contribution < 1.29 is 9.90 Å². The zero-order valence-corrected chi connectivity index (χ0v) is 12.1. The number of nitrogens with zero attached hydrogens (tertiary/aromatic N) is 2. The highest BCUT2D eigenvalue weighted by Crippen LogP contribution is 2.28. The number of imidazole rings is 1. The Bertz CT molecular complexity index is 839. The first-order valence-corrected chi connectivity index (χ1v) is 6.98. The SMILES string of the molecule is CCn1c(-c2ccccc2C(=O)O)nc2cc(Cl)ccc21. The molecule has 1 aromatic heterocycles. The summed E-state index contributed by atoms with van der Waals surface area (Å²) in [4.78, 5) is 16.0. The highest BCUT2D eigenvalue weighted by atomic mass is 35.5. The average molecular weight is 301 g/mol. The Balaban J connectivity index is 2.32. The maximum absolute atomic E-state index is 11.4. The van der Waals surface area contributed by atoms with Crippen LogP contribution in [0.2, 0.25) is 5.02 Å². The zero-order chi connectivity index (χ0) is 15.0. The van der Waals surface area contributed by atoms with Gasteiger partial charge in [0.2, 0.25) is 0 Å². The second-order valence-corrected chi connectivity index (χ2v) is 5.10. The first-order chi connectivity index (χ1) is 10.1. The van der Waals surface area contributed by atoms with Gasteiger partial charge in [0.25, 0.3) is 0 Å². The molecule has 0 saturated carbocycles. The van der Waals surface area contributed by atoms with Gasteiger partial charge in [0, 0.05) is 17.1 Å². The van der Waals surface area contributed by atoms with Gasteiger partial charge in [-0.2, -0.15) is 0 Å². The predicted octanol–water partition coefficient (Wildman–Crippen LogP) is 4.07. The predicted molar refractivity (Wildman–Crippen MR) is 82.8 cm³/mol. The highest BCUT2D eigenvalue weighted by molar-refractivity contribution is 6.31. The molecule has 0 aliphatic heterocycles. The maximum atomic E-state index is 11.4. The van der Waals surface area contributed by atoms with Crippen molar-refractivity contribution in [1.82, 2.24) is 9.55 Å². The van der Waals surface area contributed by atoms with Crippen molar-refractivity contribution >= 4 is 28.6 Å². The molecule has 2 aromatic carbocycles. The van der Waals surface area contributed by atoms with Gasteiger partial charge in [-0.3, -0.25) is 0 Å². The number of aromatic nitrogens is 2. The molecule has 0 aliphatic carbocycles. The van der Waals surface area contributed by atoms with Crippen molar-refractivity contribution in [2.24, 2.45) is 0 Å². The van der Waals surface area contributed by atoms with Gasteiger partial charge in [-0.1, -0.05) is 29.8 Å². The van der Waals surface area contributed by atoms with Crippen LogP contribution in [0.5, 0.6) is 0 Å². The second-order valence-electron chi connectivity index (χ2n) is 4.66. The van der Waals surface area contributed by atoms with Gasteiger partial charge >= 0.3 is 5.97 Å². The number of carbonyl (C=O) groups is 1. The number of halogens is 1. The van der Waals surface area contributed by atoms with Crippen molar-refractivity contribution in [3.63, 3.8) is 0 Å². The van der Waals surface area contributed by atoms with Gasteiger partial charge in [0.15, 0.2) is 0 Å². The summed E-state index contributed by atoms with van der Waals surface area (Å²) in [5.74, 6) is -0.314. The van der Waals surface area contributed by atoms with E-state index in [1.807, 2.05) is 29.7 Å². The van der Waals surface area contributed by atoms with Crippen molar-refractivity contribution in [2.75, 3.05) is 0 Å². The van der Waals surface area contributed by atoms with Gasteiger partial charge in [0.05, 0.1) is 16.6 Å². The summed E-state index contributed by atoms with van der Waals surface area (Å²) in [6.07, 6.45) is 0. The Labute approximate surface area is 126 Å². The lowest BCUT2D eigenvalue weighted by atomic mass is 10.1. The molecule has 0 aliphatic rings. The Morgan fingerprint density at radius 1 is 1.29 bits per heavy atom. The minimum Gasteiger partial charge on any atom is -0.478 e. The summed E-state index contributed by atoms with van der Waals surface area (Å²) < 4.78 is 1.99. The van der Waals surface area contributed by atoms with E-state index in [1.54, 1.807) is 24.3 Å². The van der Waals surface area contributed by atoms with E-state index in [0.717, 1.165) is 11.0 Å². The normalized spacial score (nSPS) is 11.0. The molecule has 106 valence electrons. The lowest BCUT2D eigenvalue weighted by Crippen LogP contribution is -2.04. The minimum absolute atomic E-state index is 0.244. The molecule has 1 heterocycles. The van der Waals surface area contributed by atoms with Crippen LogP contribution in [0.25, 0.3) is 22.4 Å². The molecule has 0 spiro atoms. The number of aryl methyl sites for hydroxylation is 1. The quantitative estimate of drug-likeness (QED) is 0.793. The molecule has 3 rings (SSSR count). The molecule has 4 nitrogen and oxygen atoms in total. The lowest BCUT2D eigenvalue weighted by Gasteiger charge is -2.08. The maximum Gasteiger partial charge on any atom is 0.336 e. The highest BCUT2D eigenvalue weighted by Gasteiger charge is 2.17. The van der Waals surface area contributed by atoms with E-state index in [9.17, 15) is 9.90 Å². The van der Waals surface area contributed by atoms with Crippen LogP contribution in [-0.4, -0.2) is 20.6 Å². The summed E-state index contributed by atoms with van der Waals surface area (Å²) in [7, 11) is 0. The topological polar surface area (TPSA) is 55.1 Å². The van der Waals surface area contributed by atoms with E-state index < -0.39 is 5.97 Å². The molecule has 3 aromatic rings. The van der Waals surface area contributed by atoms with Crippen LogP contribution in [-0.2, 0) is 6.54 Å². The summed E-state index contributed by atoms with van der Waals surface area (Å²) in [5, 5.41) is 9.96. The largest absolute Gasteiger partial charge is 0.478 e. The Hall–Kier alpha value is -2.33. The Kier molecular flexibility index (Phi) is 3.39. The van der Waals surface area contributed by atoms with Gasteiger partial charge in [-0.05, 0) is 31.2 Å². The zero-order valence-electron chi connectivity index (χ0n) is 11.4. The number of hydrogen-bond donors (Lipinski definition) is 1. The molecule has 0 bridgehead atoms. The second kappa shape index (κ2) is 5.22. The van der Waals surface area contributed by atoms with Crippen LogP contribution in [0.15, 0.2) is 42.5 Å². The summed E-state index contributed by atoms with van der Waals surface area (Å²) in [6, 6.07) is 12.4. The van der Waals surface area contributed by atoms with Crippen molar-refractivity contribution in [2.45, 2.75) is 13.5 Å². The first-order valence-electron chi connectivity index (χ1n) is 6.60. The van der Waals surface area contributed by atoms with E-state index in [0.29, 0.717) is 23.0 Å². The third-order valence-electron chi connectivity index (χ3n) is 3.42. The molecule has 0 unspecified atom stereocenters. The molecule has 0 atom stereocenters. The van der Waals surface area contributed by atoms with Gasteiger partial charge in [-0.15, -0.1) is 0 Å². The molecular formula is C16H13ClN2O2. The van der Waals surface area contributed by atoms with Gasteiger partial charge in [0.1, 0.15) is 5.82 Å². The Morgan fingerprint density at radius 3 is 2.76 bits per heavy atom. The number of rotatable bonds is 3. The number of aromatic carboxylic acids is 1. The molecule has 0 fully saturated rings. The number of carboxylic acid groups (broad SMARTS) is 1. The summed E-state index contributed by atoms with van der Waals surface area (Å²) in [6.45, 7) is 2.70. The third kappa shape index (κ3) is 2.28. The van der Waals surface area contributed by atoms with Crippen LogP contribution in [0.3, 0.4) is 0 Å². The molecule has 21 heavy (non-hydrogen) atoms. The Morgan fingerprint density at radius 2 is 2.05 bits per heavy atom. The number of fused-ring (bicyclic) bond motifs is 1. The summed E-state index contributed by atoms with van der Waals surface area (Å²) in [5.41, 5.74) is 2.56. The van der Waals surface area contributed by atoms with Gasteiger partial charge in [-0.25, -0.2) is 9.78 Å². The molecule has 0 saturated heterocycles. The number of benzene rings is 2. The van der Waals surface area contributed by atoms with Crippen molar-refractivity contribution in [1.29, 1.82) is 0 Å². The lowest BCUT2D eigenvalue weighted by molar-refractivity contribution is 0.0697.